The smallest absolute Gasteiger partial charge is 0.107 e. The molecular formula is C11H13BrO2. The number of rotatable bonds is 4. The van der Waals surface area contributed by atoms with Crippen LogP contribution in [-0.4, -0.2) is 18.8 Å². The van der Waals surface area contributed by atoms with Crippen LogP contribution >= 0.6 is 15.9 Å². The second kappa shape index (κ2) is 4.43. The molecule has 0 saturated carbocycles. The fraction of sp³-hybridized carbons (Fsp3) is 0.455. The Bertz CT molecular complexity index is 310. The summed E-state index contributed by atoms with van der Waals surface area (Å²) in [5.41, 5.74) is 1.18. The van der Waals surface area contributed by atoms with Gasteiger partial charge < -0.3 is 9.47 Å². The summed E-state index contributed by atoms with van der Waals surface area (Å²) in [6.45, 7) is 3.54. The standard InChI is InChI=1S/C11H13BrO2/c1-8(11-7-14-11)13-6-9-4-2-3-5-10(9)12/h2-5,8,11H,6-7H2,1H3/t8-,11+/m0/s1. The van der Waals surface area contributed by atoms with Crippen LogP contribution in [0.1, 0.15) is 12.5 Å². The van der Waals surface area contributed by atoms with Crippen LogP contribution in [-0.2, 0) is 16.1 Å². The highest BCUT2D eigenvalue weighted by atomic mass is 79.9. The van der Waals surface area contributed by atoms with Crippen molar-refractivity contribution >= 4 is 15.9 Å². The molecule has 0 bridgehead atoms. The summed E-state index contributed by atoms with van der Waals surface area (Å²) < 4.78 is 11.9. The van der Waals surface area contributed by atoms with E-state index in [0.29, 0.717) is 12.7 Å². The Morgan fingerprint density at radius 3 is 2.93 bits per heavy atom. The van der Waals surface area contributed by atoms with Gasteiger partial charge in [0.1, 0.15) is 6.10 Å². The molecule has 1 heterocycles. The van der Waals surface area contributed by atoms with E-state index < -0.39 is 0 Å². The van der Waals surface area contributed by atoms with Gasteiger partial charge in [0.05, 0.1) is 19.3 Å². The maximum atomic E-state index is 5.68. The summed E-state index contributed by atoms with van der Waals surface area (Å²) in [5.74, 6) is 0. The molecule has 0 spiro atoms. The molecule has 1 saturated heterocycles. The summed E-state index contributed by atoms with van der Waals surface area (Å²) in [7, 11) is 0. The first-order valence-electron chi connectivity index (χ1n) is 4.74. The van der Waals surface area contributed by atoms with Crippen LogP contribution in [0.25, 0.3) is 0 Å². The Kier molecular flexibility index (Phi) is 3.21. The number of hydrogen-bond acceptors (Lipinski definition) is 2. The highest BCUT2D eigenvalue weighted by Crippen LogP contribution is 2.21. The van der Waals surface area contributed by atoms with Crippen LogP contribution < -0.4 is 0 Å². The highest BCUT2D eigenvalue weighted by Gasteiger charge is 2.30. The normalized spacial score (nSPS) is 22.0. The van der Waals surface area contributed by atoms with Crippen molar-refractivity contribution in [2.45, 2.75) is 25.7 Å². The number of halogens is 1. The third-order valence-electron chi connectivity index (χ3n) is 2.34. The van der Waals surface area contributed by atoms with Gasteiger partial charge in [-0.2, -0.15) is 0 Å². The molecule has 0 unspecified atom stereocenters. The lowest BCUT2D eigenvalue weighted by molar-refractivity contribution is 0.0337. The molecule has 0 aliphatic carbocycles. The van der Waals surface area contributed by atoms with Gasteiger partial charge in [-0.25, -0.2) is 0 Å². The average molecular weight is 257 g/mol. The van der Waals surface area contributed by atoms with Crippen molar-refractivity contribution in [3.8, 4) is 0 Å². The van der Waals surface area contributed by atoms with Gasteiger partial charge in [0.15, 0.2) is 0 Å². The zero-order valence-electron chi connectivity index (χ0n) is 8.07. The Morgan fingerprint density at radius 1 is 1.57 bits per heavy atom. The zero-order valence-corrected chi connectivity index (χ0v) is 9.66. The van der Waals surface area contributed by atoms with Crippen molar-refractivity contribution in [2.75, 3.05) is 6.61 Å². The van der Waals surface area contributed by atoms with E-state index in [1.165, 1.54) is 5.56 Å². The van der Waals surface area contributed by atoms with Crippen molar-refractivity contribution in [1.29, 1.82) is 0 Å². The van der Waals surface area contributed by atoms with E-state index in [4.69, 9.17) is 9.47 Å². The van der Waals surface area contributed by atoms with Gasteiger partial charge in [-0.05, 0) is 18.6 Å². The topological polar surface area (TPSA) is 21.8 Å². The molecule has 14 heavy (non-hydrogen) atoms. The van der Waals surface area contributed by atoms with E-state index in [1.807, 2.05) is 18.2 Å². The second-order valence-electron chi connectivity index (χ2n) is 3.48. The molecule has 0 N–H and O–H groups in total. The molecule has 1 aliphatic rings. The molecule has 0 amide bonds. The number of epoxide rings is 1. The van der Waals surface area contributed by atoms with Gasteiger partial charge in [-0.15, -0.1) is 0 Å². The fourth-order valence-corrected chi connectivity index (χ4v) is 1.67. The van der Waals surface area contributed by atoms with Crippen LogP contribution in [0.2, 0.25) is 0 Å². The van der Waals surface area contributed by atoms with Crippen molar-refractivity contribution in [1.82, 2.24) is 0 Å². The van der Waals surface area contributed by atoms with Crippen LogP contribution in [0.4, 0.5) is 0 Å². The third-order valence-corrected chi connectivity index (χ3v) is 3.12. The fourth-order valence-electron chi connectivity index (χ4n) is 1.27. The maximum Gasteiger partial charge on any atom is 0.107 e. The molecule has 3 heteroatoms. The van der Waals surface area contributed by atoms with Crippen molar-refractivity contribution < 1.29 is 9.47 Å². The van der Waals surface area contributed by atoms with Crippen LogP contribution in [0.5, 0.6) is 0 Å². The molecular weight excluding hydrogens is 244 g/mol. The molecule has 0 aromatic heterocycles. The monoisotopic (exact) mass is 256 g/mol. The van der Waals surface area contributed by atoms with E-state index in [2.05, 4.69) is 28.9 Å². The van der Waals surface area contributed by atoms with E-state index in [1.54, 1.807) is 0 Å². The van der Waals surface area contributed by atoms with Gasteiger partial charge in [-0.1, -0.05) is 34.1 Å². The van der Waals surface area contributed by atoms with Crippen molar-refractivity contribution in [3.05, 3.63) is 34.3 Å². The Balaban J connectivity index is 1.87. The quantitative estimate of drug-likeness (QED) is 0.773. The van der Waals surface area contributed by atoms with E-state index in [9.17, 15) is 0 Å². The molecule has 2 rings (SSSR count). The average Bonchev–Trinajstić information content (AvgIpc) is 2.99. The SMILES string of the molecule is C[C@H](OCc1ccccc1Br)[C@H]1CO1. The largest absolute Gasteiger partial charge is 0.371 e. The maximum absolute atomic E-state index is 5.68. The molecule has 1 aromatic carbocycles. The van der Waals surface area contributed by atoms with Gasteiger partial charge >= 0.3 is 0 Å². The summed E-state index contributed by atoms with van der Waals surface area (Å²) in [5, 5.41) is 0. The van der Waals surface area contributed by atoms with E-state index in [0.717, 1.165) is 11.1 Å². The van der Waals surface area contributed by atoms with Crippen LogP contribution in [0.3, 0.4) is 0 Å². The summed E-state index contributed by atoms with van der Waals surface area (Å²) in [6, 6.07) is 8.10. The molecule has 2 atom stereocenters. The number of hydrogen-bond donors (Lipinski definition) is 0. The van der Waals surface area contributed by atoms with Crippen LogP contribution in [0, 0.1) is 0 Å². The molecule has 1 aromatic rings. The predicted molar refractivity (Wildman–Crippen MR) is 58.1 cm³/mol. The predicted octanol–water partition coefficient (Wildman–Crippen LogP) is 2.75. The first-order chi connectivity index (χ1) is 6.77. The van der Waals surface area contributed by atoms with Gasteiger partial charge in [-0.3, -0.25) is 0 Å². The molecule has 2 nitrogen and oxygen atoms in total. The summed E-state index contributed by atoms with van der Waals surface area (Å²) >= 11 is 3.49. The Morgan fingerprint density at radius 2 is 2.29 bits per heavy atom. The first-order valence-corrected chi connectivity index (χ1v) is 5.53. The van der Waals surface area contributed by atoms with E-state index >= 15 is 0 Å². The second-order valence-corrected chi connectivity index (χ2v) is 4.33. The lowest BCUT2D eigenvalue weighted by Gasteiger charge is -2.11. The molecule has 1 fully saturated rings. The minimum atomic E-state index is 0.196. The lowest BCUT2D eigenvalue weighted by atomic mass is 10.2. The van der Waals surface area contributed by atoms with Gasteiger partial charge in [0, 0.05) is 4.47 Å². The summed E-state index contributed by atoms with van der Waals surface area (Å²) in [6.07, 6.45) is 0.514. The minimum absolute atomic E-state index is 0.196. The van der Waals surface area contributed by atoms with Crippen molar-refractivity contribution in [2.24, 2.45) is 0 Å². The third kappa shape index (κ3) is 2.56. The highest BCUT2D eigenvalue weighted by molar-refractivity contribution is 9.10. The van der Waals surface area contributed by atoms with Crippen molar-refractivity contribution in [3.63, 3.8) is 0 Å². The van der Waals surface area contributed by atoms with Gasteiger partial charge in [0.2, 0.25) is 0 Å². The zero-order chi connectivity index (χ0) is 9.97. The lowest BCUT2D eigenvalue weighted by Crippen LogP contribution is -2.15. The first kappa shape index (κ1) is 10.1. The molecule has 0 radical (unpaired) electrons. The Labute approximate surface area is 92.3 Å². The number of benzene rings is 1. The Hall–Kier alpha value is -0.380. The summed E-state index contributed by atoms with van der Waals surface area (Å²) in [4.78, 5) is 0. The van der Waals surface area contributed by atoms with Gasteiger partial charge in [0.25, 0.3) is 0 Å². The molecule has 76 valence electrons. The van der Waals surface area contributed by atoms with Crippen LogP contribution in [0.15, 0.2) is 28.7 Å². The number of ether oxygens (including phenoxy) is 2. The minimum Gasteiger partial charge on any atom is -0.371 e. The molecule has 1 aliphatic heterocycles. The van der Waals surface area contributed by atoms with E-state index in [-0.39, 0.29) is 6.10 Å².